The van der Waals surface area contributed by atoms with E-state index in [0.29, 0.717) is 16.1 Å². The van der Waals surface area contributed by atoms with Gasteiger partial charge in [-0.2, -0.15) is 0 Å². The maximum Gasteiger partial charge on any atom is 0.266 e. The Morgan fingerprint density at radius 2 is 1.63 bits per heavy atom. The fourth-order valence-electron chi connectivity index (χ4n) is 2.38. The number of amides is 1. The fourth-order valence-corrected chi connectivity index (χ4v) is 3.14. The lowest BCUT2D eigenvalue weighted by Crippen LogP contribution is -2.40. The molecule has 2 rings (SSSR count). The molecule has 0 aliphatic heterocycles. The SMILES string of the molecule is CCN(CC)c1ccc(C(=O)NNS(=O)(=O)/C=C/c2ccc(Cl)cc2)cc1. The number of hydrogen-bond acceptors (Lipinski definition) is 4. The Morgan fingerprint density at radius 1 is 1.04 bits per heavy atom. The van der Waals surface area contributed by atoms with E-state index in [1.807, 2.05) is 17.0 Å². The lowest BCUT2D eigenvalue weighted by Gasteiger charge is -2.21. The van der Waals surface area contributed by atoms with Crippen molar-refractivity contribution in [3.05, 3.63) is 70.1 Å². The van der Waals surface area contributed by atoms with E-state index in [9.17, 15) is 13.2 Å². The fraction of sp³-hybridized carbons (Fsp3) is 0.211. The molecule has 8 heteroatoms. The van der Waals surface area contributed by atoms with Gasteiger partial charge in [-0.15, -0.1) is 4.83 Å². The number of carbonyl (C=O) groups excluding carboxylic acids is 1. The van der Waals surface area contributed by atoms with Crippen LogP contribution >= 0.6 is 11.6 Å². The molecule has 0 unspecified atom stereocenters. The smallest absolute Gasteiger partial charge is 0.266 e. The van der Waals surface area contributed by atoms with Crippen molar-refractivity contribution < 1.29 is 13.2 Å². The van der Waals surface area contributed by atoms with Crippen LogP contribution in [0.3, 0.4) is 0 Å². The zero-order chi connectivity index (χ0) is 19.9. The van der Waals surface area contributed by atoms with Crippen LogP contribution in [-0.4, -0.2) is 27.4 Å². The van der Waals surface area contributed by atoms with Crippen LogP contribution in [0.5, 0.6) is 0 Å². The minimum Gasteiger partial charge on any atom is -0.372 e. The molecule has 6 nitrogen and oxygen atoms in total. The molecule has 27 heavy (non-hydrogen) atoms. The number of nitrogens with zero attached hydrogens (tertiary/aromatic N) is 1. The van der Waals surface area contributed by atoms with Crippen LogP contribution in [0, 0.1) is 0 Å². The molecule has 0 aromatic heterocycles. The molecule has 0 radical (unpaired) electrons. The zero-order valence-corrected chi connectivity index (χ0v) is 16.7. The minimum atomic E-state index is -3.83. The van der Waals surface area contributed by atoms with E-state index in [-0.39, 0.29) is 0 Å². The van der Waals surface area contributed by atoms with Crippen molar-refractivity contribution in [3.63, 3.8) is 0 Å². The summed E-state index contributed by atoms with van der Waals surface area (Å²) in [6, 6.07) is 13.7. The first-order valence-electron chi connectivity index (χ1n) is 8.45. The molecule has 0 aliphatic rings. The standard InChI is InChI=1S/C19H22ClN3O3S/c1-3-23(4-2)18-11-7-16(8-12-18)19(24)21-22-27(25,26)14-13-15-5-9-17(20)10-6-15/h5-14,22H,3-4H2,1-2H3,(H,21,24)/b14-13+. The average Bonchev–Trinajstić information content (AvgIpc) is 2.67. The summed E-state index contributed by atoms with van der Waals surface area (Å²) in [5, 5.41) is 1.53. The van der Waals surface area contributed by atoms with Crippen LogP contribution in [0.2, 0.25) is 5.02 Å². The van der Waals surface area contributed by atoms with Crippen molar-refractivity contribution in [2.45, 2.75) is 13.8 Å². The van der Waals surface area contributed by atoms with Crippen LogP contribution in [0.25, 0.3) is 6.08 Å². The molecule has 0 heterocycles. The molecule has 2 N–H and O–H groups in total. The van der Waals surface area contributed by atoms with Gasteiger partial charge in [0.15, 0.2) is 0 Å². The molecule has 0 spiro atoms. The highest BCUT2D eigenvalue weighted by molar-refractivity contribution is 7.92. The largest absolute Gasteiger partial charge is 0.372 e. The third-order valence-electron chi connectivity index (χ3n) is 3.87. The molecule has 0 fully saturated rings. The lowest BCUT2D eigenvalue weighted by molar-refractivity contribution is 0.0945. The number of sulfonamides is 1. The third kappa shape index (κ3) is 6.39. The van der Waals surface area contributed by atoms with Gasteiger partial charge in [-0.05, 0) is 61.9 Å². The predicted octanol–water partition coefficient (Wildman–Crippen LogP) is 3.42. The van der Waals surface area contributed by atoms with Gasteiger partial charge in [0.25, 0.3) is 15.9 Å². The lowest BCUT2D eigenvalue weighted by atomic mass is 10.2. The van der Waals surface area contributed by atoms with E-state index < -0.39 is 15.9 Å². The van der Waals surface area contributed by atoms with E-state index in [4.69, 9.17) is 11.6 Å². The minimum absolute atomic E-state index is 0.357. The number of benzene rings is 2. The molecular formula is C19H22ClN3O3S. The second-order valence-electron chi connectivity index (χ2n) is 5.67. The Hall–Kier alpha value is -2.35. The van der Waals surface area contributed by atoms with Crippen LogP contribution in [0.15, 0.2) is 53.9 Å². The molecular weight excluding hydrogens is 386 g/mol. The Bertz CT molecular complexity index is 891. The van der Waals surface area contributed by atoms with Gasteiger partial charge in [0.2, 0.25) is 0 Å². The number of halogens is 1. The Morgan fingerprint density at radius 3 is 2.19 bits per heavy atom. The van der Waals surface area contributed by atoms with Crippen molar-refractivity contribution in [1.29, 1.82) is 0 Å². The van der Waals surface area contributed by atoms with Gasteiger partial charge >= 0.3 is 0 Å². The van der Waals surface area contributed by atoms with E-state index in [1.54, 1.807) is 36.4 Å². The van der Waals surface area contributed by atoms with Crippen molar-refractivity contribution in [3.8, 4) is 0 Å². The predicted molar refractivity (Wildman–Crippen MR) is 110 cm³/mol. The van der Waals surface area contributed by atoms with Gasteiger partial charge in [0.05, 0.1) is 0 Å². The van der Waals surface area contributed by atoms with Crippen LogP contribution in [0.4, 0.5) is 5.69 Å². The molecule has 0 saturated heterocycles. The Kier molecular flexibility index (Phi) is 7.41. The summed E-state index contributed by atoms with van der Waals surface area (Å²) >= 11 is 5.78. The van der Waals surface area contributed by atoms with Gasteiger partial charge in [0, 0.05) is 34.8 Å². The molecule has 0 aliphatic carbocycles. The molecule has 144 valence electrons. The van der Waals surface area contributed by atoms with Crippen LogP contribution in [0.1, 0.15) is 29.8 Å². The number of carbonyl (C=O) groups is 1. The van der Waals surface area contributed by atoms with Crippen molar-refractivity contribution in [2.24, 2.45) is 0 Å². The first-order valence-corrected chi connectivity index (χ1v) is 10.4. The Labute approximate surface area is 164 Å². The normalized spacial score (nSPS) is 11.5. The van der Waals surface area contributed by atoms with Crippen LogP contribution in [-0.2, 0) is 10.0 Å². The van der Waals surface area contributed by atoms with Gasteiger partial charge in [-0.3, -0.25) is 10.2 Å². The second kappa shape index (κ2) is 9.55. The molecule has 2 aromatic rings. The van der Waals surface area contributed by atoms with E-state index >= 15 is 0 Å². The second-order valence-corrected chi connectivity index (χ2v) is 7.68. The average molecular weight is 408 g/mol. The van der Waals surface area contributed by atoms with Gasteiger partial charge in [0.1, 0.15) is 0 Å². The highest BCUT2D eigenvalue weighted by Crippen LogP contribution is 2.15. The molecule has 1 amide bonds. The van der Waals surface area contributed by atoms with Crippen molar-refractivity contribution in [1.82, 2.24) is 10.3 Å². The molecule has 2 aromatic carbocycles. The summed E-state index contributed by atoms with van der Waals surface area (Å²) in [7, 11) is -3.83. The number of hydrogen-bond donors (Lipinski definition) is 2. The van der Waals surface area contributed by atoms with Crippen molar-refractivity contribution >= 4 is 39.3 Å². The number of hydrazine groups is 1. The number of nitrogens with one attached hydrogen (secondary N) is 2. The Balaban J connectivity index is 1.96. The topological polar surface area (TPSA) is 78.5 Å². The maximum atomic E-state index is 12.1. The monoisotopic (exact) mass is 407 g/mol. The van der Waals surface area contributed by atoms with E-state index in [2.05, 4.69) is 24.2 Å². The number of rotatable bonds is 8. The van der Waals surface area contributed by atoms with Gasteiger partial charge < -0.3 is 4.90 Å². The third-order valence-corrected chi connectivity index (χ3v) is 5.01. The highest BCUT2D eigenvalue weighted by atomic mass is 35.5. The highest BCUT2D eigenvalue weighted by Gasteiger charge is 2.10. The van der Waals surface area contributed by atoms with E-state index in [0.717, 1.165) is 24.2 Å². The summed E-state index contributed by atoms with van der Waals surface area (Å²) < 4.78 is 24.0. The van der Waals surface area contributed by atoms with Crippen molar-refractivity contribution in [2.75, 3.05) is 18.0 Å². The quantitative estimate of drug-likeness (QED) is 0.657. The maximum absolute atomic E-state index is 12.1. The van der Waals surface area contributed by atoms with Crippen LogP contribution < -0.4 is 15.2 Å². The first kappa shape index (κ1) is 21.0. The van der Waals surface area contributed by atoms with E-state index in [1.165, 1.54) is 6.08 Å². The summed E-state index contributed by atoms with van der Waals surface area (Å²) in [6.07, 6.45) is 1.41. The summed E-state index contributed by atoms with van der Waals surface area (Å²) in [5.41, 5.74) is 4.23. The molecule has 0 atom stereocenters. The van der Waals surface area contributed by atoms with Gasteiger partial charge in [-0.25, -0.2) is 8.42 Å². The first-order chi connectivity index (χ1) is 12.8. The molecule has 0 saturated carbocycles. The zero-order valence-electron chi connectivity index (χ0n) is 15.1. The summed E-state index contributed by atoms with van der Waals surface area (Å²) in [6.45, 7) is 5.83. The number of anilines is 1. The summed E-state index contributed by atoms with van der Waals surface area (Å²) in [5.74, 6) is -0.537. The summed E-state index contributed by atoms with van der Waals surface area (Å²) in [4.78, 5) is 16.3. The molecule has 0 bridgehead atoms. The van der Waals surface area contributed by atoms with Gasteiger partial charge in [-0.1, -0.05) is 23.7 Å².